The van der Waals surface area contributed by atoms with Crippen molar-refractivity contribution < 1.29 is 0 Å². The molecule has 0 saturated heterocycles. The highest BCUT2D eigenvalue weighted by Gasteiger charge is 2.15. The summed E-state index contributed by atoms with van der Waals surface area (Å²) in [7, 11) is 1.26. The van der Waals surface area contributed by atoms with Crippen molar-refractivity contribution in [1.82, 2.24) is 4.57 Å². The molecule has 0 aliphatic carbocycles. The van der Waals surface area contributed by atoms with Crippen LogP contribution in [-0.4, -0.2) is 4.57 Å². The normalized spacial score (nSPS) is 11.5. The smallest absolute Gasteiger partial charge is 0.0781 e. The van der Waals surface area contributed by atoms with E-state index in [0.717, 1.165) is 15.5 Å². The van der Waals surface area contributed by atoms with Crippen molar-refractivity contribution in [3.8, 4) is 11.0 Å². The number of hydrogen-bond acceptors (Lipinski definition) is 0. The number of aromatic nitrogens is 1. The Hall–Kier alpha value is -1.41. The van der Waals surface area contributed by atoms with Crippen molar-refractivity contribution in [3.63, 3.8) is 0 Å². The maximum Gasteiger partial charge on any atom is 0.0781 e. The summed E-state index contributed by atoms with van der Waals surface area (Å²) >= 11 is 7.43. The third-order valence-electron chi connectivity index (χ3n) is 4.30. The van der Waals surface area contributed by atoms with E-state index in [-0.39, 0.29) is 0 Å². The number of benzene rings is 3. The Balaban J connectivity index is 1.96. The van der Waals surface area contributed by atoms with Crippen molar-refractivity contribution in [3.05, 3.63) is 86.8 Å². The van der Waals surface area contributed by atoms with E-state index in [4.69, 9.17) is 0 Å². The van der Waals surface area contributed by atoms with Crippen LogP contribution in [-0.2, 0) is 6.54 Å². The molecular weight excluding hydrogens is 457 g/mol. The summed E-state index contributed by atoms with van der Waals surface area (Å²) in [6, 6.07) is 23.7. The Kier molecular flexibility index (Phi) is 4.82. The molecule has 0 fully saturated rings. The fraction of sp³-hybridized carbons (Fsp3) is 0.0952. The van der Waals surface area contributed by atoms with Crippen LogP contribution in [0.1, 0.15) is 11.1 Å². The van der Waals surface area contributed by atoms with Crippen LogP contribution in [0.5, 0.6) is 0 Å². The minimum absolute atomic E-state index is 0.848. The van der Waals surface area contributed by atoms with Crippen LogP contribution in [0, 0.1) is 6.92 Å². The molecule has 0 atom stereocenters. The number of aryl methyl sites for hydroxylation is 1. The van der Waals surface area contributed by atoms with Crippen LogP contribution in [0.3, 0.4) is 0 Å². The lowest BCUT2D eigenvalue weighted by molar-refractivity contribution is 0.846. The molecule has 0 unspecified atom stereocenters. The Bertz CT molecular complexity index is 1070. The van der Waals surface area contributed by atoms with Gasteiger partial charge in [0.25, 0.3) is 0 Å². The second kappa shape index (κ2) is 7.07. The lowest BCUT2D eigenvalue weighted by Crippen LogP contribution is -2.02. The molecule has 1 nitrogen and oxygen atoms in total. The van der Waals surface area contributed by atoms with Gasteiger partial charge in [-0.1, -0.05) is 79.9 Å². The molecule has 0 amide bonds. The lowest BCUT2D eigenvalue weighted by atomic mass is 10.2. The second-order valence-electron chi connectivity index (χ2n) is 6.08. The van der Waals surface area contributed by atoms with Gasteiger partial charge in [-0.2, -0.15) is 0 Å². The first-order valence-corrected chi connectivity index (χ1v) is 10.6. The summed E-state index contributed by atoms with van der Waals surface area (Å²) in [6.07, 6.45) is 0. The first kappa shape index (κ1) is 17.0. The van der Waals surface area contributed by atoms with E-state index in [2.05, 4.69) is 110 Å². The summed E-state index contributed by atoms with van der Waals surface area (Å²) in [5, 5.41) is 1.37. The van der Waals surface area contributed by atoms with E-state index in [1.807, 2.05) is 0 Å². The van der Waals surface area contributed by atoms with Crippen LogP contribution in [0.15, 0.2) is 75.7 Å². The average molecular weight is 473 g/mol. The van der Waals surface area contributed by atoms with Gasteiger partial charge in [-0.05, 0) is 44.9 Å². The van der Waals surface area contributed by atoms with Gasteiger partial charge in [0.15, 0.2) is 0 Å². The summed E-state index contributed by atoms with van der Waals surface area (Å²) in [6.45, 7) is 3.01. The molecule has 1 heterocycles. The highest BCUT2D eigenvalue weighted by Crippen LogP contribution is 2.41. The van der Waals surface area contributed by atoms with Gasteiger partial charge in [0.05, 0.1) is 10.9 Å². The molecule has 0 aliphatic rings. The number of halogens is 2. The largest absolute Gasteiger partial charge is 0.332 e. The monoisotopic (exact) mass is 471 g/mol. The van der Waals surface area contributed by atoms with Crippen LogP contribution < -0.4 is 0 Å². The van der Waals surface area contributed by atoms with Gasteiger partial charge in [-0.3, -0.25) is 0 Å². The van der Waals surface area contributed by atoms with Crippen molar-refractivity contribution >= 4 is 50.7 Å². The van der Waals surface area contributed by atoms with Gasteiger partial charge in [0, 0.05) is 26.2 Å². The van der Waals surface area contributed by atoms with Gasteiger partial charge >= 0.3 is 0 Å². The quantitative estimate of drug-likeness (QED) is 0.287. The molecule has 124 valence electrons. The third kappa shape index (κ3) is 3.33. The van der Waals surface area contributed by atoms with Crippen LogP contribution in [0.4, 0.5) is 0 Å². The number of fused-ring (bicyclic) bond motifs is 1. The summed E-state index contributed by atoms with van der Waals surface area (Å²) in [5.74, 6) is 0. The fourth-order valence-electron chi connectivity index (χ4n) is 3.05. The van der Waals surface area contributed by atoms with Crippen molar-refractivity contribution in [2.24, 2.45) is 0 Å². The van der Waals surface area contributed by atoms with E-state index >= 15 is 0 Å². The highest BCUT2D eigenvalue weighted by molar-refractivity contribution is 9.10. The van der Waals surface area contributed by atoms with Crippen molar-refractivity contribution in [1.29, 1.82) is 0 Å². The molecule has 4 rings (SSSR count). The minimum Gasteiger partial charge on any atom is -0.332 e. The lowest BCUT2D eigenvalue weighted by Gasteiger charge is -2.13. The standard InChI is InChI=1S/C21H16Br2NP/c1-14-10-11-19-20(12-14)25-21(16-7-3-5-9-18(16)23)24(19)13-15-6-2-4-8-17(15)22/h2-12H,13H2,1H3. The first-order valence-electron chi connectivity index (χ1n) is 8.08. The number of hydrogen-bond donors (Lipinski definition) is 0. The molecule has 4 aromatic rings. The molecule has 0 saturated carbocycles. The maximum absolute atomic E-state index is 3.73. The van der Waals surface area contributed by atoms with Gasteiger partial charge in [-0.25, -0.2) is 0 Å². The van der Waals surface area contributed by atoms with E-state index in [1.54, 1.807) is 0 Å². The zero-order valence-corrected chi connectivity index (χ0v) is 17.8. The first-order chi connectivity index (χ1) is 12.1. The van der Waals surface area contributed by atoms with Gasteiger partial charge in [0.1, 0.15) is 0 Å². The maximum atomic E-state index is 3.73. The zero-order valence-electron chi connectivity index (χ0n) is 13.7. The minimum atomic E-state index is 0.848. The molecule has 0 N–H and O–H groups in total. The third-order valence-corrected chi connectivity index (χ3v) is 7.06. The molecular formula is C21H16Br2NP. The molecule has 0 bridgehead atoms. The fourth-order valence-corrected chi connectivity index (χ4v) is 5.50. The summed E-state index contributed by atoms with van der Waals surface area (Å²) < 4.78 is 4.73. The summed E-state index contributed by atoms with van der Waals surface area (Å²) in [4.78, 5) is 0. The van der Waals surface area contributed by atoms with Crippen LogP contribution >= 0.6 is 40.1 Å². The van der Waals surface area contributed by atoms with E-state index in [1.165, 1.54) is 40.9 Å². The molecule has 4 heteroatoms. The zero-order chi connectivity index (χ0) is 17.4. The van der Waals surface area contributed by atoms with Gasteiger partial charge < -0.3 is 4.57 Å². The Morgan fingerprint density at radius 3 is 2.36 bits per heavy atom. The van der Waals surface area contributed by atoms with Crippen LogP contribution in [0.25, 0.3) is 21.6 Å². The topological polar surface area (TPSA) is 4.93 Å². The molecule has 0 aliphatic heterocycles. The van der Waals surface area contributed by atoms with Crippen molar-refractivity contribution in [2.45, 2.75) is 13.5 Å². The average Bonchev–Trinajstić information content (AvgIpc) is 2.94. The van der Waals surface area contributed by atoms with Gasteiger partial charge in [0.2, 0.25) is 0 Å². The molecule has 3 aromatic carbocycles. The van der Waals surface area contributed by atoms with E-state index < -0.39 is 0 Å². The Morgan fingerprint density at radius 2 is 1.60 bits per heavy atom. The number of nitrogens with zero attached hydrogens (tertiary/aromatic N) is 1. The van der Waals surface area contributed by atoms with E-state index in [0.29, 0.717) is 0 Å². The van der Waals surface area contributed by atoms with Crippen molar-refractivity contribution in [2.75, 3.05) is 0 Å². The summed E-state index contributed by atoms with van der Waals surface area (Å²) in [5.41, 5.74) is 6.47. The Labute approximate surface area is 166 Å². The van der Waals surface area contributed by atoms with Gasteiger partial charge in [-0.15, -0.1) is 0 Å². The predicted molar refractivity (Wildman–Crippen MR) is 116 cm³/mol. The molecule has 25 heavy (non-hydrogen) atoms. The van der Waals surface area contributed by atoms with E-state index in [9.17, 15) is 0 Å². The molecule has 0 radical (unpaired) electrons. The highest BCUT2D eigenvalue weighted by atomic mass is 79.9. The van der Waals surface area contributed by atoms with Crippen LogP contribution in [0.2, 0.25) is 0 Å². The second-order valence-corrected chi connectivity index (χ2v) is 8.92. The Morgan fingerprint density at radius 1 is 0.880 bits per heavy atom. The number of rotatable bonds is 3. The molecule has 0 spiro atoms. The predicted octanol–water partition coefficient (Wildman–Crippen LogP) is 7.77. The molecule has 1 aromatic heterocycles. The SMILES string of the molecule is Cc1ccc2c(c1)pc(-c1ccccc1Br)n2Cc1ccccc1Br.